The van der Waals surface area contributed by atoms with Gasteiger partial charge in [0.15, 0.2) is 18.1 Å². The summed E-state index contributed by atoms with van der Waals surface area (Å²) < 4.78 is 16.7. The van der Waals surface area contributed by atoms with Gasteiger partial charge in [-0.1, -0.05) is 41.9 Å². The highest BCUT2D eigenvalue weighted by Gasteiger charge is 2.11. The van der Waals surface area contributed by atoms with Crippen molar-refractivity contribution in [2.24, 2.45) is 0 Å². The minimum atomic E-state index is -0.295. The van der Waals surface area contributed by atoms with E-state index in [2.05, 4.69) is 10.6 Å². The van der Waals surface area contributed by atoms with E-state index in [0.717, 1.165) is 11.3 Å². The maximum absolute atomic E-state index is 12.3. The average Bonchev–Trinajstić information content (AvgIpc) is 2.78. The van der Waals surface area contributed by atoms with E-state index in [4.69, 9.17) is 25.8 Å². The van der Waals surface area contributed by atoms with Crippen molar-refractivity contribution in [1.29, 1.82) is 0 Å². The van der Waals surface area contributed by atoms with Gasteiger partial charge < -0.3 is 24.8 Å². The number of anilines is 2. The van der Waals surface area contributed by atoms with Crippen LogP contribution in [0.3, 0.4) is 0 Å². The van der Waals surface area contributed by atoms with Gasteiger partial charge in [0.1, 0.15) is 5.75 Å². The molecule has 3 aromatic carbocycles. The molecule has 0 aliphatic heterocycles. The van der Waals surface area contributed by atoms with Crippen molar-refractivity contribution in [3.8, 4) is 17.2 Å². The molecule has 31 heavy (non-hydrogen) atoms. The van der Waals surface area contributed by atoms with Crippen LogP contribution in [0.2, 0.25) is 5.02 Å². The maximum Gasteiger partial charge on any atom is 0.262 e. The second-order valence-electron chi connectivity index (χ2n) is 6.58. The standard InChI is InChI=1S/C24H25ClN2O4/c1-3-30-23-14-17(15-26-19-9-5-4-8-18(19)25)12-13-22(23)31-16-24(28)27-20-10-6-7-11-21(20)29-2/h4-14,26H,3,15-16H2,1-2H3,(H,27,28). The van der Waals surface area contributed by atoms with E-state index in [1.165, 1.54) is 0 Å². The monoisotopic (exact) mass is 440 g/mol. The lowest BCUT2D eigenvalue weighted by atomic mass is 10.2. The lowest BCUT2D eigenvalue weighted by molar-refractivity contribution is -0.118. The first-order valence-corrected chi connectivity index (χ1v) is 10.3. The van der Waals surface area contributed by atoms with E-state index in [1.54, 1.807) is 25.3 Å². The van der Waals surface area contributed by atoms with Crippen LogP contribution < -0.4 is 24.8 Å². The number of hydrogen-bond donors (Lipinski definition) is 2. The lowest BCUT2D eigenvalue weighted by Gasteiger charge is -2.15. The van der Waals surface area contributed by atoms with Crippen LogP contribution >= 0.6 is 11.6 Å². The van der Waals surface area contributed by atoms with E-state index in [1.807, 2.05) is 55.5 Å². The van der Waals surface area contributed by atoms with E-state index in [9.17, 15) is 4.79 Å². The van der Waals surface area contributed by atoms with E-state index in [0.29, 0.717) is 41.1 Å². The number of benzene rings is 3. The van der Waals surface area contributed by atoms with Crippen molar-refractivity contribution < 1.29 is 19.0 Å². The number of para-hydroxylation sites is 3. The first kappa shape index (κ1) is 22.3. The predicted molar refractivity (Wildman–Crippen MR) is 124 cm³/mol. The summed E-state index contributed by atoms with van der Waals surface area (Å²) in [7, 11) is 1.55. The Bertz CT molecular complexity index is 1030. The summed E-state index contributed by atoms with van der Waals surface area (Å²) in [6.07, 6.45) is 0. The molecule has 6 nitrogen and oxygen atoms in total. The zero-order valence-electron chi connectivity index (χ0n) is 17.5. The zero-order valence-corrected chi connectivity index (χ0v) is 18.2. The van der Waals surface area contributed by atoms with Crippen molar-refractivity contribution in [3.63, 3.8) is 0 Å². The molecule has 0 bridgehead atoms. The normalized spacial score (nSPS) is 10.3. The summed E-state index contributed by atoms with van der Waals surface area (Å²) >= 11 is 6.19. The highest BCUT2D eigenvalue weighted by molar-refractivity contribution is 6.33. The van der Waals surface area contributed by atoms with E-state index in [-0.39, 0.29) is 12.5 Å². The third kappa shape index (κ3) is 6.30. The molecule has 0 atom stereocenters. The number of methoxy groups -OCH3 is 1. The molecule has 7 heteroatoms. The SMILES string of the molecule is CCOc1cc(CNc2ccccc2Cl)ccc1OCC(=O)Nc1ccccc1OC. The Morgan fingerprint density at radius 3 is 2.39 bits per heavy atom. The topological polar surface area (TPSA) is 68.8 Å². The molecule has 0 saturated heterocycles. The molecular formula is C24H25ClN2O4. The fourth-order valence-corrected chi connectivity index (χ4v) is 3.13. The molecule has 1 amide bonds. The number of carbonyl (C=O) groups excluding carboxylic acids is 1. The highest BCUT2D eigenvalue weighted by atomic mass is 35.5. The second-order valence-corrected chi connectivity index (χ2v) is 6.99. The van der Waals surface area contributed by atoms with Gasteiger partial charge in [0.25, 0.3) is 5.91 Å². The Morgan fingerprint density at radius 1 is 0.903 bits per heavy atom. The molecule has 0 aliphatic carbocycles. The number of nitrogens with one attached hydrogen (secondary N) is 2. The molecule has 3 aromatic rings. The minimum Gasteiger partial charge on any atom is -0.495 e. The van der Waals surface area contributed by atoms with Gasteiger partial charge in [0, 0.05) is 6.54 Å². The van der Waals surface area contributed by atoms with Crippen LogP contribution in [0.4, 0.5) is 11.4 Å². The van der Waals surface area contributed by atoms with Gasteiger partial charge in [-0.2, -0.15) is 0 Å². The van der Waals surface area contributed by atoms with Crippen molar-refractivity contribution in [3.05, 3.63) is 77.3 Å². The predicted octanol–water partition coefficient (Wildman–Crippen LogP) is 5.38. The second kappa shape index (κ2) is 11.1. The van der Waals surface area contributed by atoms with Crippen LogP contribution in [0.5, 0.6) is 17.2 Å². The van der Waals surface area contributed by atoms with Gasteiger partial charge in [0.05, 0.1) is 30.1 Å². The van der Waals surface area contributed by atoms with Gasteiger partial charge >= 0.3 is 0 Å². The first-order valence-electron chi connectivity index (χ1n) is 9.90. The molecule has 3 rings (SSSR count). The van der Waals surface area contributed by atoms with E-state index < -0.39 is 0 Å². The summed E-state index contributed by atoms with van der Waals surface area (Å²) in [4.78, 5) is 12.3. The number of ether oxygens (including phenoxy) is 3. The summed E-state index contributed by atoms with van der Waals surface area (Å²) in [5, 5.41) is 6.75. The van der Waals surface area contributed by atoms with Crippen LogP contribution in [0.1, 0.15) is 12.5 Å². The largest absolute Gasteiger partial charge is 0.495 e. The first-order chi connectivity index (χ1) is 15.1. The van der Waals surface area contributed by atoms with Crippen molar-refractivity contribution >= 4 is 28.9 Å². The molecule has 0 spiro atoms. The number of halogens is 1. The molecule has 2 N–H and O–H groups in total. The van der Waals surface area contributed by atoms with Crippen LogP contribution in [-0.4, -0.2) is 26.2 Å². The third-order valence-corrected chi connectivity index (χ3v) is 4.73. The maximum atomic E-state index is 12.3. The fourth-order valence-electron chi connectivity index (χ4n) is 2.93. The Hall–Kier alpha value is -3.38. The molecule has 0 aromatic heterocycles. The molecule has 0 fully saturated rings. The average molecular weight is 441 g/mol. The smallest absolute Gasteiger partial charge is 0.262 e. The van der Waals surface area contributed by atoms with Gasteiger partial charge in [-0.15, -0.1) is 0 Å². The number of hydrogen-bond acceptors (Lipinski definition) is 5. The van der Waals surface area contributed by atoms with Gasteiger partial charge in [-0.3, -0.25) is 4.79 Å². The number of amides is 1. The van der Waals surface area contributed by atoms with Crippen molar-refractivity contribution in [1.82, 2.24) is 0 Å². The van der Waals surface area contributed by atoms with Crippen LogP contribution in [0.25, 0.3) is 0 Å². The molecule has 0 heterocycles. The highest BCUT2D eigenvalue weighted by Crippen LogP contribution is 2.30. The summed E-state index contributed by atoms with van der Waals surface area (Å²) in [5.74, 6) is 1.36. The van der Waals surface area contributed by atoms with Crippen LogP contribution in [-0.2, 0) is 11.3 Å². The summed E-state index contributed by atoms with van der Waals surface area (Å²) in [6.45, 7) is 2.78. The summed E-state index contributed by atoms with van der Waals surface area (Å²) in [6, 6.07) is 20.4. The molecule has 0 saturated carbocycles. The van der Waals surface area contributed by atoms with Crippen molar-refractivity contribution in [2.45, 2.75) is 13.5 Å². The fraction of sp³-hybridized carbons (Fsp3) is 0.208. The van der Waals surface area contributed by atoms with Crippen LogP contribution in [0.15, 0.2) is 66.7 Å². The summed E-state index contributed by atoms with van der Waals surface area (Å²) in [5.41, 5.74) is 2.44. The van der Waals surface area contributed by atoms with Gasteiger partial charge in [-0.05, 0) is 48.9 Å². The third-order valence-electron chi connectivity index (χ3n) is 4.40. The quantitative estimate of drug-likeness (QED) is 0.443. The Balaban J connectivity index is 1.62. The number of carbonyl (C=O) groups is 1. The van der Waals surface area contributed by atoms with Gasteiger partial charge in [-0.25, -0.2) is 0 Å². The van der Waals surface area contributed by atoms with Gasteiger partial charge in [0.2, 0.25) is 0 Å². The molecule has 0 unspecified atom stereocenters. The molecule has 0 aliphatic rings. The van der Waals surface area contributed by atoms with E-state index >= 15 is 0 Å². The minimum absolute atomic E-state index is 0.157. The molecular weight excluding hydrogens is 416 g/mol. The van der Waals surface area contributed by atoms with Crippen LogP contribution in [0, 0.1) is 0 Å². The molecule has 162 valence electrons. The zero-order chi connectivity index (χ0) is 22.1. The Morgan fingerprint density at radius 2 is 1.65 bits per heavy atom. The Labute approximate surface area is 187 Å². The lowest BCUT2D eigenvalue weighted by Crippen LogP contribution is -2.20. The Kier molecular flexibility index (Phi) is 8.01. The van der Waals surface area contributed by atoms with Crippen molar-refractivity contribution in [2.75, 3.05) is 31.0 Å². The molecule has 0 radical (unpaired) electrons. The number of rotatable bonds is 10.